The fourth-order valence-corrected chi connectivity index (χ4v) is 1.44. The molecule has 14 heavy (non-hydrogen) atoms. The first kappa shape index (κ1) is 11.0. The zero-order valence-electron chi connectivity index (χ0n) is 7.62. The molecule has 1 amide bonds. The lowest BCUT2D eigenvalue weighted by Gasteiger charge is -2.06. The first-order valence-corrected chi connectivity index (χ1v) is 4.36. The van der Waals surface area contributed by atoms with Crippen LogP contribution in [0.4, 0.5) is 5.69 Å². The minimum atomic E-state index is 0. The maximum atomic E-state index is 11.5. The van der Waals surface area contributed by atoms with Gasteiger partial charge in [-0.15, -0.1) is 12.4 Å². The minimum Gasteiger partial charge on any atom is -0.323 e. The number of nitrogens with zero attached hydrogens (tertiary/aromatic N) is 1. The van der Waals surface area contributed by atoms with Crippen LogP contribution in [0.1, 0.15) is 6.42 Å². The van der Waals surface area contributed by atoms with E-state index in [1.165, 1.54) is 0 Å². The molecule has 6 heteroatoms. The van der Waals surface area contributed by atoms with E-state index in [1.807, 2.05) is 0 Å². The molecule has 0 aromatic carbocycles. The number of carbonyl (C=O) groups excluding carboxylic acids is 1. The predicted molar refractivity (Wildman–Crippen MR) is 55.4 cm³/mol. The molecular formula is C8H13ClN4O. The van der Waals surface area contributed by atoms with Crippen molar-refractivity contribution in [3.63, 3.8) is 0 Å². The molecule has 0 radical (unpaired) electrons. The van der Waals surface area contributed by atoms with Crippen molar-refractivity contribution in [2.75, 3.05) is 18.4 Å². The van der Waals surface area contributed by atoms with Gasteiger partial charge in [-0.1, -0.05) is 0 Å². The zero-order chi connectivity index (χ0) is 9.10. The number of amides is 1. The van der Waals surface area contributed by atoms with Crippen LogP contribution in [-0.2, 0) is 4.79 Å². The molecule has 0 saturated carbocycles. The van der Waals surface area contributed by atoms with E-state index in [-0.39, 0.29) is 24.2 Å². The van der Waals surface area contributed by atoms with Crippen LogP contribution >= 0.6 is 12.4 Å². The minimum absolute atomic E-state index is 0. The summed E-state index contributed by atoms with van der Waals surface area (Å²) in [6, 6.07) is 0. The summed E-state index contributed by atoms with van der Waals surface area (Å²) in [6.45, 7) is 1.72. The Kier molecular flexibility index (Phi) is 3.91. The second-order valence-electron chi connectivity index (χ2n) is 3.17. The van der Waals surface area contributed by atoms with Gasteiger partial charge in [0.15, 0.2) is 0 Å². The Bertz CT molecular complexity index is 282. The van der Waals surface area contributed by atoms with Crippen LogP contribution in [0.15, 0.2) is 12.4 Å². The van der Waals surface area contributed by atoms with Crippen LogP contribution in [-0.4, -0.2) is 29.2 Å². The van der Waals surface area contributed by atoms with Gasteiger partial charge in [-0.25, -0.2) is 0 Å². The molecular weight excluding hydrogens is 204 g/mol. The first-order chi connectivity index (χ1) is 6.36. The second kappa shape index (κ2) is 4.97. The average Bonchev–Trinajstić information content (AvgIpc) is 2.74. The molecule has 0 aliphatic carbocycles. The third-order valence-electron chi connectivity index (χ3n) is 2.20. The van der Waals surface area contributed by atoms with Crippen LogP contribution in [0.2, 0.25) is 0 Å². The fourth-order valence-electron chi connectivity index (χ4n) is 1.44. The van der Waals surface area contributed by atoms with E-state index in [0.29, 0.717) is 0 Å². The van der Waals surface area contributed by atoms with E-state index in [1.54, 1.807) is 12.4 Å². The molecule has 0 bridgehead atoms. The molecule has 3 N–H and O–H groups in total. The van der Waals surface area contributed by atoms with Gasteiger partial charge in [-0.3, -0.25) is 9.89 Å². The van der Waals surface area contributed by atoms with E-state index in [4.69, 9.17) is 0 Å². The van der Waals surface area contributed by atoms with Crippen LogP contribution in [0, 0.1) is 5.92 Å². The largest absolute Gasteiger partial charge is 0.323 e. The molecule has 78 valence electrons. The monoisotopic (exact) mass is 216 g/mol. The number of nitrogens with one attached hydrogen (secondary N) is 3. The maximum absolute atomic E-state index is 11.5. The number of hydrogen-bond donors (Lipinski definition) is 3. The normalized spacial score (nSPS) is 20.1. The number of rotatable bonds is 2. The van der Waals surface area contributed by atoms with Gasteiger partial charge in [-0.2, -0.15) is 5.10 Å². The van der Waals surface area contributed by atoms with Crippen molar-refractivity contribution in [3.05, 3.63) is 12.4 Å². The molecule has 1 saturated heterocycles. The number of hydrogen-bond acceptors (Lipinski definition) is 3. The van der Waals surface area contributed by atoms with Gasteiger partial charge in [-0.05, 0) is 13.0 Å². The van der Waals surface area contributed by atoms with Crippen molar-refractivity contribution in [2.24, 2.45) is 5.92 Å². The van der Waals surface area contributed by atoms with Gasteiger partial charge in [0.25, 0.3) is 0 Å². The highest BCUT2D eigenvalue weighted by molar-refractivity contribution is 5.92. The molecule has 5 nitrogen and oxygen atoms in total. The third kappa shape index (κ3) is 2.46. The average molecular weight is 217 g/mol. The second-order valence-corrected chi connectivity index (χ2v) is 3.17. The van der Waals surface area contributed by atoms with Gasteiger partial charge in [0.05, 0.1) is 17.8 Å². The van der Waals surface area contributed by atoms with Gasteiger partial charge in [0.1, 0.15) is 0 Å². The number of halogens is 1. The van der Waals surface area contributed by atoms with Gasteiger partial charge in [0, 0.05) is 12.7 Å². The van der Waals surface area contributed by atoms with Crippen LogP contribution in [0.25, 0.3) is 0 Å². The molecule has 1 fully saturated rings. The molecule has 1 aliphatic rings. The lowest BCUT2D eigenvalue weighted by molar-refractivity contribution is -0.119. The summed E-state index contributed by atoms with van der Waals surface area (Å²) in [5.74, 6) is 0.182. The smallest absolute Gasteiger partial charge is 0.228 e. The van der Waals surface area contributed by atoms with Gasteiger partial charge in [0.2, 0.25) is 5.91 Å². The van der Waals surface area contributed by atoms with E-state index in [2.05, 4.69) is 20.8 Å². The van der Waals surface area contributed by atoms with E-state index in [9.17, 15) is 4.79 Å². The molecule has 1 atom stereocenters. The number of carbonyl (C=O) groups is 1. The van der Waals surface area contributed by atoms with E-state index < -0.39 is 0 Å². The first-order valence-electron chi connectivity index (χ1n) is 4.36. The Morgan fingerprint density at radius 2 is 2.50 bits per heavy atom. The molecule has 0 spiro atoms. The molecule has 1 aromatic rings. The summed E-state index contributed by atoms with van der Waals surface area (Å²) >= 11 is 0. The highest BCUT2D eigenvalue weighted by Crippen LogP contribution is 2.11. The Morgan fingerprint density at radius 3 is 3.07 bits per heavy atom. The molecule has 2 heterocycles. The van der Waals surface area contributed by atoms with Crippen LogP contribution in [0.5, 0.6) is 0 Å². The Morgan fingerprint density at radius 1 is 1.64 bits per heavy atom. The predicted octanol–water partition coefficient (Wildman–Crippen LogP) is 0.379. The third-order valence-corrected chi connectivity index (χ3v) is 2.20. The van der Waals surface area contributed by atoms with Crippen molar-refractivity contribution in [3.8, 4) is 0 Å². The Hall–Kier alpha value is -1.07. The van der Waals surface area contributed by atoms with Crippen molar-refractivity contribution in [1.82, 2.24) is 15.5 Å². The summed E-state index contributed by atoms with van der Waals surface area (Å²) in [7, 11) is 0. The molecule has 1 unspecified atom stereocenters. The summed E-state index contributed by atoms with van der Waals surface area (Å²) in [6.07, 6.45) is 4.18. The fraction of sp³-hybridized carbons (Fsp3) is 0.500. The van der Waals surface area contributed by atoms with E-state index in [0.717, 1.165) is 25.2 Å². The molecule has 1 aliphatic heterocycles. The number of aromatic amines is 1. The van der Waals surface area contributed by atoms with Crippen molar-refractivity contribution in [1.29, 1.82) is 0 Å². The van der Waals surface area contributed by atoms with Crippen LogP contribution in [0.3, 0.4) is 0 Å². The quantitative estimate of drug-likeness (QED) is 0.670. The van der Waals surface area contributed by atoms with Crippen molar-refractivity contribution in [2.45, 2.75) is 6.42 Å². The van der Waals surface area contributed by atoms with Crippen molar-refractivity contribution >= 4 is 24.0 Å². The highest BCUT2D eigenvalue weighted by Gasteiger charge is 2.22. The summed E-state index contributed by atoms with van der Waals surface area (Å²) in [4.78, 5) is 11.5. The maximum Gasteiger partial charge on any atom is 0.228 e. The number of anilines is 1. The Balaban J connectivity index is 0.000000980. The standard InChI is InChI=1S/C8H12N4O.ClH/c13-8(6-1-2-9-3-6)12-7-4-10-11-5-7;/h4-6,9H,1-3H2,(H,10,11)(H,12,13);1H. The summed E-state index contributed by atoms with van der Waals surface area (Å²) < 4.78 is 0. The molecule has 2 rings (SSSR count). The summed E-state index contributed by atoms with van der Waals surface area (Å²) in [5.41, 5.74) is 0.733. The Labute approximate surface area is 88.1 Å². The zero-order valence-corrected chi connectivity index (χ0v) is 8.43. The van der Waals surface area contributed by atoms with Crippen LogP contribution < -0.4 is 10.6 Å². The van der Waals surface area contributed by atoms with Gasteiger partial charge >= 0.3 is 0 Å². The SMILES string of the molecule is Cl.O=C(Nc1cn[nH]c1)C1CCNC1. The lowest BCUT2D eigenvalue weighted by atomic mass is 10.1. The lowest BCUT2D eigenvalue weighted by Crippen LogP contribution is -2.24. The van der Waals surface area contributed by atoms with Gasteiger partial charge < -0.3 is 10.6 Å². The van der Waals surface area contributed by atoms with E-state index >= 15 is 0 Å². The molecule has 1 aromatic heterocycles. The highest BCUT2D eigenvalue weighted by atomic mass is 35.5. The van der Waals surface area contributed by atoms with Crippen molar-refractivity contribution < 1.29 is 4.79 Å². The summed E-state index contributed by atoms with van der Waals surface area (Å²) in [5, 5.41) is 12.3. The number of aromatic nitrogens is 2. The topological polar surface area (TPSA) is 69.8 Å². The number of H-pyrrole nitrogens is 1.